The van der Waals surface area contributed by atoms with Gasteiger partial charge in [0.1, 0.15) is 11.3 Å². The fraction of sp³-hybridized carbons (Fsp3) is 0.143. The molecule has 0 fully saturated rings. The second-order valence-corrected chi connectivity index (χ2v) is 5.84. The molecule has 0 heterocycles. The predicted molar refractivity (Wildman–Crippen MR) is 101 cm³/mol. The summed E-state index contributed by atoms with van der Waals surface area (Å²) in [5.41, 5.74) is 1.91. The molecular weight excluding hydrogens is 330 g/mol. The molecule has 0 aliphatic heterocycles. The number of rotatable bonds is 5. The van der Waals surface area contributed by atoms with Gasteiger partial charge in [-0.25, -0.2) is 4.79 Å². The van der Waals surface area contributed by atoms with E-state index in [0.29, 0.717) is 11.4 Å². The molecular formula is C21H19NO4. The smallest absolute Gasteiger partial charge is 0.342 e. The highest BCUT2D eigenvalue weighted by molar-refractivity contribution is 6.00. The highest BCUT2D eigenvalue weighted by Gasteiger charge is 2.16. The lowest BCUT2D eigenvalue weighted by atomic mass is 10.1. The maximum absolute atomic E-state index is 12.4. The van der Waals surface area contributed by atoms with Crippen molar-refractivity contribution in [1.82, 2.24) is 0 Å². The Morgan fingerprint density at radius 2 is 1.62 bits per heavy atom. The van der Waals surface area contributed by atoms with Crippen LogP contribution in [0.5, 0.6) is 5.75 Å². The van der Waals surface area contributed by atoms with E-state index >= 15 is 0 Å². The van der Waals surface area contributed by atoms with Gasteiger partial charge in [0.25, 0.3) is 5.91 Å². The van der Waals surface area contributed by atoms with Gasteiger partial charge in [0.05, 0.1) is 7.11 Å². The van der Waals surface area contributed by atoms with Crippen LogP contribution in [-0.2, 0) is 9.53 Å². The number of carbonyl (C=O) groups excluding carboxylic acids is 2. The number of benzene rings is 3. The number of ether oxygens (including phenoxy) is 2. The molecule has 132 valence electrons. The van der Waals surface area contributed by atoms with Gasteiger partial charge in [-0.05, 0) is 41.5 Å². The summed E-state index contributed by atoms with van der Waals surface area (Å²) in [6, 6.07) is 18.5. The van der Waals surface area contributed by atoms with Gasteiger partial charge in [-0.2, -0.15) is 0 Å². The summed E-state index contributed by atoms with van der Waals surface area (Å²) in [4.78, 5) is 24.5. The molecule has 26 heavy (non-hydrogen) atoms. The van der Waals surface area contributed by atoms with Crippen molar-refractivity contribution in [3.8, 4) is 5.75 Å². The third-order valence-electron chi connectivity index (χ3n) is 4.04. The Labute approximate surface area is 151 Å². The minimum atomic E-state index is -0.604. The Bertz CT molecular complexity index is 965. The first kappa shape index (κ1) is 17.5. The summed E-state index contributed by atoms with van der Waals surface area (Å²) >= 11 is 0. The molecule has 3 aromatic rings. The molecule has 0 aliphatic rings. The number of amides is 1. The van der Waals surface area contributed by atoms with Gasteiger partial charge in [-0.15, -0.1) is 0 Å². The summed E-state index contributed by atoms with van der Waals surface area (Å²) in [6.07, 6.45) is 0. The fourth-order valence-electron chi connectivity index (χ4n) is 2.66. The standard InChI is InChI=1S/C21H19NO4/c1-14-7-3-6-10-18(14)22-20(23)13-26-21(24)17-11-15-8-4-5-9-16(15)12-19(17)25-2/h3-12H,13H2,1-2H3,(H,22,23). The second-order valence-electron chi connectivity index (χ2n) is 5.84. The summed E-state index contributed by atoms with van der Waals surface area (Å²) in [6.45, 7) is 1.52. The lowest BCUT2D eigenvalue weighted by Crippen LogP contribution is -2.21. The zero-order valence-electron chi connectivity index (χ0n) is 14.6. The van der Waals surface area contributed by atoms with Crippen molar-refractivity contribution in [2.75, 3.05) is 19.0 Å². The number of esters is 1. The van der Waals surface area contributed by atoms with Crippen molar-refractivity contribution in [3.05, 3.63) is 71.8 Å². The Hall–Kier alpha value is -3.34. The minimum absolute atomic E-state index is 0.287. The Kier molecular flexibility index (Phi) is 5.17. The molecule has 0 bridgehead atoms. The second kappa shape index (κ2) is 7.70. The van der Waals surface area contributed by atoms with Crippen molar-refractivity contribution < 1.29 is 19.1 Å². The molecule has 0 atom stereocenters. The third-order valence-corrected chi connectivity index (χ3v) is 4.04. The summed E-state index contributed by atoms with van der Waals surface area (Å²) in [7, 11) is 1.49. The van der Waals surface area contributed by atoms with Crippen molar-refractivity contribution >= 4 is 28.3 Å². The molecule has 3 aromatic carbocycles. The van der Waals surface area contributed by atoms with E-state index in [9.17, 15) is 9.59 Å². The van der Waals surface area contributed by atoms with Crippen LogP contribution in [0.3, 0.4) is 0 Å². The molecule has 3 rings (SSSR count). The quantitative estimate of drug-likeness (QED) is 0.708. The Morgan fingerprint density at radius 1 is 0.962 bits per heavy atom. The van der Waals surface area contributed by atoms with E-state index in [1.165, 1.54) is 7.11 Å². The fourth-order valence-corrected chi connectivity index (χ4v) is 2.66. The lowest BCUT2D eigenvalue weighted by Gasteiger charge is -2.11. The number of hydrogen-bond donors (Lipinski definition) is 1. The van der Waals surface area contributed by atoms with Crippen LogP contribution in [0.4, 0.5) is 5.69 Å². The van der Waals surface area contributed by atoms with Crippen LogP contribution >= 0.6 is 0 Å². The summed E-state index contributed by atoms with van der Waals surface area (Å²) in [5, 5.41) is 4.58. The van der Waals surface area contributed by atoms with Crippen LogP contribution in [0.2, 0.25) is 0 Å². The molecule has 5 heteroatoms. The van der Waals surface area contributed by atoms with Crippen LogP contribution in [0.1, 0.15) is 15.9 Å². The van der Waals surface area contributed by atoms with Crippen LogP contribution in [0.25, 0.3) is 10.8 Å². The molecule has 1 N–H and O–H groups in total. The van der Waals surface area contributed by atoms with E-state index in [4.69, 9.17) is 9.47 Å². The predicted octanol–water partition coefficient (Wildman–Crippen LogP) is 3.95. The number of para-hydroxylation sites is 1. The topological polar surface area (TPSA) is 64.6 Å². The summed E-state index contributed by atoms with van der Waals surface area (Å²) in [5.74, 6) is -0.590. The first-order valence-corrected chi connectivity index (χ1v) is 8.18. The van der Waals surface area contributed by atoms with Gasteiger partial charge in [-0.1, -0.05) is 42.5 Å². The van der Waals surface area contributed by atoms with Gasteiger partial charge in [0, 0.05) is 5.69 Å². The molecule has 0 aliphatic carbocycles. The van der Waals surface area contributed by atoms with Gasteiger partial charge in [-0.3, -0.25) is 4.79 Å². The minimum Gasteiger partial charge on any atom is -0.496 e. The first-order chi connectivity index (χ1) is 12.6. The highest BCUT2D eigenvalue weighted by Crippen LogP contribution is 2.26. The third kappa shape index (κ3) is 3.83. The number of carbonyl (C=O) groups is 2. The number of hydrogen-bond acceptors (Lipinski definition) is 4. The highest BCUT2D eigenvalue weighted by atomic mass is 16.5. The van der Waals surface area contributed by atoms with E-state index in [1.54, 1.807) is 18.2 Å². The zero-order valence-corrected chi connectivity index (χ0v) is 14.6. The van der Waals surface area contributed by atoms with E-state index < -0.39 is 11.9 Å². The lowest BCUT2D eigenvalue weighted by molar-refractivity contribution is -0.119. The monoisotopic (exact) mass is 349 g/mol. The van der Waals surface area contributed by atoms with Crippen molar-refractivity contribution in [3.63, 3.8) is 0 Å². The van der Waals surface area contributed by atoms with Gasteiger partial charge in [0.15, 0.2) is 6.61 Å². The van der Waals surface area contributed by atoms with E-state index in [2.05, 4.69) is 5.32 Å². The van der Waals surface area contributed by atoms with E-state index in [-0.39, 0.29) is 12.2 Å². The molecule has 1 amide bonds. The number of fused-ring (bicyclic) bond motifs is 1. The largest absolute Gasteiger partial charge is 0.496 e. The van der Waals surface area contributed by atoms with E-state index in [1.807, 2.05) is 49.4 Å². The van der Waals surface area contributed by atoms with Crippen molar-refractivity contribution in [1.29, 1.82) is 0 Å². The molecule has 0 radical (unpaired) electrons. The van der Waals surface area contributed by atoms with Gasteiger partial charge < -0.3 is 14.8 Å². The van der Waals surface area contributed by atoms with Crippen LogP contribution in [0.15, 0.2) is 60.7 Å². The number of anilines is 1. The normalized spacial score (nSPS) is 10.4. The van der Waals surface area contributed by atoms with Crippen LogP contribution in [0, 0.1) is 6.92 Å². The van der Waals surface area contributed by atoms with Gasteiger partial charge >= 0.3 is 5.97 Å². The maximum Gasteiger partial charge on any atom is 0.342 e. The van der Waals surface area contributed by atoms with Crippen molar-refractivity contribution in [2.45, 2.75) is 6.92 Å². The molecule has 0 aromatic heterocycles. The van der Waals surface area contributed by atoms with Gasteiger partial charge in [0.2, 0.25) is 0 Å². The average molecular weight is 349 g/mol. The van der Waals surface area contributed by atoms with Crippen molar-refractivity contribution in [2.24, 2.45) is 0 Å². The summed E-state index contributed by atoms with van der Waals surface area (Å²) < 4.78 is 10.5. The first-order valence-electron chi connectivity index (χ1n) is 8.18. The maximum atomic E-state index is 12.4. The van der Waals surface area contributed by atoms with Crippen LogP contribution < -0.4 is 10.1 Å². The number of aryl methyl sites for hydroxylation is 1. The Balaban J connectivity index is 1.71. The SMILES string of the molecule is COc1cc2ccccc2cc1C(=O)OCC(=O)Nc1ccccc1C. The number of nitrogens with one attached hydrogen (secondary N) is 1. The Morgan fingerprint density at radius 3 is 2.31 bits per heavy atom. The molecule has 0 spiro atoms. The molecule has 5 nitrogen and oxygen atoms in total. The number of methoxy groups -OCH3 is 1. The zero-order chi connectivity index (χ0) is 18.5. The molecule has 0 unspecified atom stereocenters. The molecule has 0 saturated carbocycles. The average Bonchev–Trinajstić information content (AvgIpc) is 2.66. The van der Waals surface area contributed by atoms with Crippen LogP contribution in [-0.4, -0.2) is 25.6 Å². The molecule has 0 saturated heterocycles. The van der Waals surface area contributed by atoms with E-state index in [0.717, 1.165) is 16.3 Å².